The van der Waals surface area contributed by atoms with Gasteiger partial charge in [0.1, 0.15) is 19.1 Å². The maximum atomic E-state index is 12.8. The van der Waals surface area contributed by atoms with Gasteiger partial charge in [0.25, 0.3) is 0 Å². The van der Waals surface area contributed by atoms with E-state index in [2.05, 4.69) is 4.90 Å². The lowest BCUT2D eigenvalue weighted by Crippen LogP contribution is -2.61. The molecule has 2 aliphatic rings. The van der Waals surface area contributed by atoms with Crippen LogP contribution in [0.3, 0.4) is 0 Å². The van der Waals surface area contributed by atoms with Gasteiger partial charge in [-0.25, -0.2) is 0 Å². The van der Waals surface area contributed by atoms with Gasteiger partial charge in [0.2, 0.25) is 17.7 Å². The minimum absolute atomic E-state index is 0.0373. The zero-order chi connectivity index (χ0) is 19.6. The summed E-state index contributed by atoms with van der Waals surface area (Å²) in [6.45, 7) is 4.82. The number of carbonyl (C=O) groups is 3. The van der Waals surface area contributed by atoms with E-state index in [0.29, 0.717) is 18.1 Å². The van der Waals surface area contributed by atoms with Crippen molar-refractivity contribution in [2.45, 2.75) is 19.5 Å². The Morgan fingerprint density at radius 1 is 1.15 bits per heavy atom. The van der Waals surface area contributed by atoms with E-state index in [1.165, 1.54) is 9.80 Å². The fourth-order valence-electron chi connectivity index (χ4n) is 3.44. The van der Waals surface area contributed by atoms with Crippen LogP contribution in [0.1, 0.15) is 12.5 Å². The van der Waals surface area contributed by atoms with Crippen LogP contribution in [-0.2, 0) is 20.9 Å². The molecule has 2 fully saturated rings. The molecule has 27 heavy (non-hydrogen) atoms. The molecule has 0 bridgehead atoms. The van der Waals surface area contributed by atoms with Crippen molar-refractivity contribution in [3.8, 4) is 0 Å². The summed E-state index contributed by atoms with van der Waals surface area (Å²) >= 11 is 6.17. The molecule has 0 radical (unpaired) electrons. The predicted molar refractivity (Wildman–Crippen MR) is 102 cm³/mol. The Hall–Kier alpha value is -2.12. The Kier molecular flexibility index (Phi) is 6.01. The molecule has 0 saturated carbocycles. The molecule has 0 aliphatic carbocycles. The average Bonchev–Trinajstić information content (AvgIpc) is 2.65. The largest absolute Gasteiger partial charge is 0.339 e. The summed E-state index contributed by atoms with van der Waals surface area (Å²) in [4.78, 5) is 44.8. The van der Waals surface area contributed by atoms with Crippen LogP contribution in [0.2, 0.25) is 5.02 Å². The number of hydrogen-bond donors (Lipinski definition) is 0. The monoisotopic (exact) mass is 392 g/mol. The number of likely N-dealkylation sites (N-methyl/N-ethyl adjacent to an activating group) is 1. The number of nitrogens with zero attached hydrogens (tertiary/aromatic N) is 4. The zero-order valence-corrected chi connectivity index (χ0v) is 16.5. The number of carbonyl (C=O) groups excluding carboxylic acids is 3. The fraction of sp³-hybridized carbons (Fsp3) is 0.526. The molecule has 1 aromatic carbocycles. The highest BCUT2D eigenvalue weighted by atomic mass is 35.5. The Balaban J connectivity index is 1.63. The molecule has 0 unspecified atom stereocenters. The van der Waals surface area contributed by atoms with Gasteiger partial charge in [-0.3, -0.25) is 14.4 Å². The van der Waals surface area contributed by atoms with E-state index < -0.39 is 6.04 Å². The molecule has 0 spiro atoms. The van der Waals surface area contributed by atoms with E-state index in [4.69, 9.17) is 11.6 Å². The van der Waals surface area contributed by atoms with Crippen molar-refractivity contribution in [3.63, 3.8) is 0 Å². The third-order valence-corrected chi connectivity index (χ3v) is 5.63. The summed E-state index contributed by atoms with van der Waals surface area (Å²) < 4.78 is 0. The summed E-state index contributed by atoms with van der Waals surface area (Å²) in [6, 6.07) is 6.61. The van der Waals surface area contributed by atoms with Crippen molar-refractivity contribution in [3.05, 3.63) is 34.9 Å². The fourth-order valence-corrected chi connectivity index (χ4v) is 3.63. The number of rotatable bonds is 4. The molecular weight excluding hydrogens is 368 g/mol. The lowest BCUT2D eigenvalue weighted by molar-refractivity contribution is -0.158. The Morgan fingerprint density at radius 2 is 1.81 bits per heavy atom. The number of halogens is 1. The maximum absolute atomic E-state index is 12.8. The van der Waals surface area contributed by atoms with E-state index in [1.807, 2.05) is 25.2 Å². The number of hydrogen-bond acceptors (Lipinski definition) is 4. The normalized spacial score (nSPS) is 21.7. The van der Waals surface area contributed by atoms with Crippen LogP contribution in [0.15, 0.2) is 24.3 Å². The number of amides is 3. The highest BCUT2D eigenvalue weighted by molar-refractivity contribution is 6.31. The zero-order valence-electron chi connectivity index (χ0n) is 15.7. The smallest absolute Gasteiger partial charge is 0.245 e. The third-order valence-electron chi connectivity index (χ3n) is 5.26. The highest BCUT2D eigenvalue weighted by Crippen LogP contribution is 2.20. The standard InChI is InChI=1S/C19H25ClN4O3/c1-14-19(27)23(11-15-5-3-4-6-16(15)20)12-18(26)24(14)13-17(25)22-9-7-21(2)8-10-22/h3-6,14H,7-13H2,1-2H3/t14-/m0/s1. The van der Waals surface area contributed by atoms with Gasteiger partial charge in [0.15, 0.2) is 0 Å². The van der Waals surface area contributed by atoms with Gasteiger partial charge in [-0.15, -0.1) is 0 Å². The lowest BCUT2D eigenvalue weighted by Gasteiger charge is -2.40. The third kappa shape index (κ3) is 4.42. The average molecular weight is 393 g/mol. The minimum Gasteiger partial charge on any atom is -0.339 e. The molecule has 1 aromatic rings. The first-order chi connectivity index (χ1) is 12.9. The summed E-state index contributed by atoms with van der Waals surface area (Å²) in [6.07, 6.45) is 0. The van der Waals surface area contributed by atoms with E-state index in [1.54, 1.807) is 17.9 Å². The van der Waals surface area contributed by atoms with E-state index in [9.17, 15) is 14.4 Å². The summed E-state index contributed by atoms with van der Waals surface area (Å²) in [7, 11) is 2.02. The summed E-state index contributed by atoms with van der Waals surface area (Å²) in [5.74, 6) is -0.479. The van der Waals surface area contributed by atoms with E-state index in [0.717, 1.165) is 18.7 Å². The summed E-state index contributed by atoms with van der Waals surface area (Å²) in [5, 5.41) is 0.568. The van der Waals surface area contributed by atoms with Crippen LogP contribution in [0.25, 0.3) is 0 Å². The molecule has 3 rings (SSSR count). The van der Waals surface area contributed by atoms with Crippen LogP contribution in [0.4, 0.5) is 0 Å². The molecule has 0 N–H and O–H groups in total. The second-order valence-electron chi connectivity index (χ2n) is 7.17. The molecular formula is C19H25ClN4O3. The van der Waals surface area contributed by atoms with Gasteiger partial charge in [-0.2, -0.15) is 0 Å². The Bertz CT molecular complexity index is 733. The van der Waals surface area contributed by atoms with Crippen molar-refractivity contribution < 1.29 is 14.4 Å². The van der Waals surface area contributed by atoms with Gasteiger partial charge < -0.3 is 19.6 Å². The molecule has 1 atom stereocenters. The Morgan fingerprint density at radius 3 is 2.48 bits per heavy atom. The second-order valence-corrected chi connectivity index (χ2v) is 7.57. The van der Waals surface area contributed by atoms with Gasteiger partial charge in [0, 0.05) is 37.7 Å². The van der Waals surface area contributed by atoms with Crippen LogP contribution in [0.5, 0.6) is 0 Å². The van der Waals surface area contributed by atoms with E-state index in [-0.39, 0.29) is 37.4 Å². The predicted octanol–water partition coefficient (Wildman–Crippen LogP) is 0.673. The van der Waals surface area contributed by atoms with Crippen LogP contribution in [-0.4, -0.2) is 89.7 Å². The maximum Gasteiger partial charge on any atom is 0.245 e. The van der Waals surface area contributed by atoms with Crippen molar-refractivity contribution in [1.29, 1.82) is 0 Å². The van der Waals surface area contributed by atoms with Gasteiger partial charge in [0.05, 0.1) is 0 Å². The molecule has 146 valence electrons. The number of piperazine rings is 2. The summed E-state index contributed by atoms with van der Waals surface area (Å²) in [5.41, 5.74) is 0.800. The SMILES string of the molecule is C[C@H]1C(=O)N(Cc2ccccc2Cl)CC(=O)N1CC(=O)N1CCN(C)CC1. The van der Waals surface area contributed by atoms with Crippen molar-refractivity contribution in [1.82, 2.24) is 19.6 Å². The van der Waals surface area contributed by atoms with Crippen LogP contribution >= 0.6 is 11.6 Å². The van der Waals surface area contributed by atoms with Crippen molar-refractivity contribution >= 4 is 29.3 Å². The molecule has 7 nitrogen and oxygen atoms in total. The van der Waals surface area contributed by atoms with Gasteiger partial charge in [-0.05, 0) is 25.6 Å². The van der Waals surface area contributed by atoms with Crippen LogP contribution in [0, 0.1) is 0 Å². The minimum atomic E-state index is -0.662. The first kappa shape index (κ1) is 19.6. The quantitative estimate of drug-likeness (QED) is 0.755. The molecule has 0 aromatic heterocycles. The van der Waals surface area contributed by atoms with Gasteiger partial charge >= 0.3 is 0 Å². The molecule has 8 heteroatoms. The van der Waals surface area contributed by atoms with Crippen molar-refractivity contribution in [2.24, 2.45) is 0 Å². The Labute approximate surface area is 164 Å². The van der Waals surface area contributed by atoms with Crippen LogP contribution < -0.4 is 0 Å². The lowest BCUT2D eigenvalue weighted by atomic mass is 10.1. The highest BCUT2D eigenvalue weighted by Gasteiger charge is 2.38. The van der Waals surface area contributed by atoms with E-state index >= 15 is 0 Å². The number of benzene rings is 1. The molecule has 3 amide bonds. The first-order valence-corrected chi connectivity index (χ1v) is 9.52. The second kappa shape index (κ2) is 8.27. The molecule has 2 aliphatic heterocycles. The van der Waals surface area contributed by atoms with Crippen molar-refractivity contribution in [2.75, 3.05) is 46.3 Å². The van der Waals surface area contributed by atoms with Gasteiger partial charge in [-0.1, -0.05) is 29.8 Å². The molecule has 2 saturated heterocycles. The topological polar surface area (TPSA) is 64.2 Å². The first-order valence-electron chi connectivity index (χ1n) is 9.15. The molecule has 2 heterocycles.